The smallest absolute Gasteiger partial charge is 0.105 e. The van der Waals surface area contributed by atoms with Gasteiger partial charge in [0, 0.05) is 6.54 Å². The van der Waals surface area contributed by atoms with E-state index in [-0.39, 0.29) is 0 Å². The minimum absolute atomic E-state index is 0.463. The lowest BCUT2D eigenvalue weighted by molar-refractivity contribution is -0.117. The summed E-state index contributed by atoms with van der Waals surface area (Å²) in [7, 11) is 0. The van der Waals surface area contributed by atoms with Crippen molar-refractivity contribution < 1.29 is 5.11 Å². The van der Waals surface area contributed by atoms with Crippen molar-refractivity contribution in [2.24, 2.45) is 5.92 Å². The van der Waals surface area contributed by atoms with Gasteiger partial charge < -0.3 is 10.0 Å². The van der Waals surface area contributed by atoms with Crippen LogP contribution in [0.2, 0.25) is 0 Å². The first kappa shape index (κ1) is 9.37. The molecule has 0 saturated carbocycles. The van der Waals surface area contributed by atoms with E-state index >= 15 is 0 Å². The van der Waals surface area contributed by atoms with Gasteiger partial charge in [-0.05, 0) is 37.4 Å². The predicted molar refractivity (Wildman–Crippen MR) is 59.5 cm³/mol. The third-order valence-electron chi connectivity index (χ3n) is 4.00. The van der Waals surface area contributed by atoms with Gasteiger partial charge in [-0.15, -0.1) is 0 Å². The van der Waals surface area contributed by atoms with Gasteiger partial charge in [-0.3, -0.25) is 0 Å². The van der Waals surface area contributed by atoms with E-state index in [0.717, 1.165) is 24.9 Å². The molecule has 4 rings (SSSR count). The molecule has 0 radical (unpaired) electrons. The van der Waals surface area contributed by atoms with E-state index in [1.54, 1.807) is 0 Å². The van der Waals surface area contributed by atoms with Gasteiger partial charge in [0.2, 0.25) is 0 Å². The molecule has 15 heavy (non-hydrogen) atoms. The normalized spacial score (nSPS) is 39.3. The summed E-state index contributed by atoms with van der Waals surface area (Å²) >= 11 is 0. The lowest BCUT2D eigenvalue weighted by Crippen LogP contribution is -2.57. The molecular formula is C13H17NO. The van der Waals surface area contributed by atoms with Crippen LogP contribution in [-0.2, 0) is 5.60 Å². The summed E-state index contributed by atoms with van der Waals surface area (Å²) in [6.07, 6.45) is 2.29. The topological polar surface area (TPSA) is 23.5 Å². The first-order valence-corrected chi connectivity index (χ1v) is 5.79. The van der Waals surface area contributed by atoms with Gasteiger partial charge in [-0.2, -0.15) is 0 Å². The summed E-state index contributed by atoms with van der Waals surface area (Å²) in [5.41, 5.74) is 0.511. The van der Waals surface area contributed by atoms with Crippen molar-refractivity contribution >= 4 is 0 Å². The standard InChI is InChI=1S/C13H17NO/c15-13(11-4-2-1-3-5-11)10-14-8-6-12(13)7-9-14/h1-5,12,15H,6-10H2/t13-/m0/s1. The summed E-state index contributed by atoms with van der Waals surface area (Å²) < 4.78 is 0. The van der Waals surface area contributed by atoms with Crippen LogP contribution in [0.1, 0.15) is 18.4 Å². The molecular weight excluding hydrogens is 186 g/mol. The molecule has 3 saturated heterocycles. The van der Waals surface area contributed by atoms with Crippen LogP contribution in [0.25, 0.3) is 0 Å². The lowest BCUT2D eigenvalue weighted by atomic mass is 9.72. The first-order valence-electron chi connectivity index (χ1n) is 5.79. The van der Waals surface area contributed by atoms with Crippen LogP contribution in [0, 0.1) is 5.92 Å². The average Bonchev–Trinajstić information content (AvgIpc) is 2.31. The molecule has 3 aliphatic heterocycles. The highest BCUT2D eigenvalue weighted by Crippen LogP contribution is 2.42. The molecule has 0 unspecified atom stereocenters. The molecule has 0 amide bonds. The zero-order chi connectivity index (χ0) is 10.3. The van der Waals surface area contributed by atoms with Crippen LogP contribution < -0.4 is 0 Å². The molecule has 3 fully saturated rings. The Kier molecular flexibility index (Phi) is 2.08. The summed E-state index contributed by atoms with van der Waals surface area (Å²) in [5, 5.41) is 10.8. The summed E-state index contributed by atoms with van der Waals surface area (Å²) in [5.74, 6) is 0.463. The number of hydrogen-bond donors (Lipinski definition) is 1. The molecule has 1 atom stereocenters. The largest absolute Gasteiger partial charge is 0.384 e. The SMILES string of the molecule is O[C@]1(c2ccccc2)CN2CCC1CC2. The highest BCUT2D eigenvalue weighted by Gasteiger charge is 2.46. The molecule has 0 aliphatic carbocycles. The number of fused-ring (bicyclic) bond motifs is 3. The second kappa shape index (κ2) is 3.32. The van der Waals surface area contributed by atoms with E-state index in [2.05, 4.69) is 17.0 Å². The van der Waals surface area contributed by atoms with Crippen molar-refractivity contribution in [1.82, 2.24) is 4.90 Å². The number of aliphatic hydroxyl groups is 1. The minimum Gasteiger partial charge on any atom is -0.384 e. The van der Waals surface area contributed by atoms with Crippen molar-refractivity contribution in [3.63, 3.8) is 0 Å². The van der Waals surface area contributed by atoms with Crippen molar-refractivity contribution in [2.75, 3.05) is 19.6 Å². The maximum atomic E-state index is 10.8. The van der Waals surface area contributed by atoms with Crippen molar-refractivity contribution in [3.8, 4) is 0 Å². The number of benzene rings is 1. The summed E-state index contributed by atoms with van der Waals surface area (Å²) in [4.78, 5) is 2.38. The number of hydrogen-bond acceptors (Lipinski definition) is 2. The fourth-order valence-electron chi connectivity index (χ4n) is 3.09. The molecule has 0 aromatic heterocycles. The Labute approximate surface area is 90.5 Å². The molecule has 2 heteroatoms. The molecule has 3 aliphatic rings. The van der Waals surface area contributed by atoms with Crippen LogP contribution >= 0.6 is 0 Å². The van der Waals surface area contributed by atoms with E-state index in [4.69, 9.17) is 0 Å². The van der Waals surface area contributed by atoms with E-state index in [1.807, 2.05) is 18.2 Å². The molecule has 2 bridgehead atoms. The molecule has 1 N–H and O–H groups in total. The van der Waals surface area contributed by atoms with Gasteiger partial charge >= 0.3 is 0 Å². The van der Waals surface area contributed by atoms with E-state index < -0.39 is 5.60 Å². The Balaban J connectivity index is 1.97. The third-order valence-corrected chi connectivity index (χ3v) is 4.00. The zero-order valence-electron chi connectivity index (χ0n) is 8.89. The Morgan fingerprint density at radius 2 is 1.80 bits per heavy atom. The third kappa shape index (κ3) is 1.40. The summed E-state index contributed by atoms with van der Waals surface area (Å²) in [6, 6.07) is 10.2. The highest BCUT2D eigenvalue weighted by molar-refractivity contribution is 5.25. The van der Waals surface area contributed by atoms with Gasteiger partial charge in [0.15, 0.2) is 0 Å². The highest BCUT2D eigenvalue weighted by atomic mass is 16.3. The zero-order valence-corrected chi connectivity index (χ0v) is 8.89. The average molecular weight is 203 g/mol. The Morgan fingerprint density at radius 3 is 2.33 bits per heavy atom. The molecule has 0 spiro atoms. The number of piperidine rings is 3. The molecule has 1 aromatic carbocycles. The van der Waals surface area contributed by atoms with E-state index in [9.17, 15) is 5.11 Å². The van der Waals surface area contributed by atoms with Crippen molar-refractivity contribution in [3.05, 3.63) is 35.9 Å². The van der Waals surface area contributed by atoms with Gasteiger partial charge in [0.25, 0.3) is 0 Å². The van der Waals surface area contributed by atoms with Gasteiger partial charge in [0.1, 0.15) is 5.60 Å². The van der Waals surface area contributed by atoms with Crippen LogP contribution in [-0.4, -0.2) is 29.6 Å². The second-order valence-electron chi connectivity index (χ2n) is 4.84. The Morgan fingerprint density at radius 1 is 1.13 bits per heavy atom. The lowest BCUT2D eigenvalue weighted by Gasteiger charge is -2.50. The van der Waals surface area contributed by atoms with E-state index in [1.165, 1.54) is 13.1 Å². The van der Waals surface area contributed by atoms with Gasteiger partial charge in [0.05, 0.1) is 0 Å². The van der Waals surface area contributed by atoms with Gasteiger partial charge in [-0.1, -0.05) is 30.3 Å². The number of rotatable bonds is 1. The predicted octanol–water partition coefficient (Wildman–Crippen LogP) is 1.60. The fourth-order valence-corrected chi connectivity index (χ4v) is 3.09. The van der Waals surface area contributed by atoms with Crippen LogP contribution in [0.15, 0.2) is 30.3 Å². The van der Waals surface area contributed by atoms with Crippen LogP contribution in [0.3, 0.4) is 0 Å². The minimum atomic E-state index is -0.586. The monoisotopic (exact) mass is 203 g/mol. The van der Waals surface area contributed by atoms with E-state index in [0.29, 0.717) is 5.92 Å². The molecule has 1 aromatic rings. The first-order chi connectivity index (χ1) is 7.29. The van der Waals surface area contributed by atoms with Crippen molar-refractivity contribution in [2.45, 2.75) is 18.4 Å². The maximum absolute atomic E-state index is 10.8. The van der Waals surface area contributed by atoms with Crippen molar-refractivity contribution in [1.29, 1.82) is 0 Å². The quantitative estimate of drug-likeness (QED) is 0.749. The Bertz CT molecular complexity index is 343. The van der Waals surface area contributed by atoms with Crippen LogP contribution in [0.5, 0.6) is 0 Å². The fraction of sp³-hybridized carbons (Fsp3) is 0.538. The number of nitrogens with zero attached hydrogens (tertiary/aromatic N) is 1. The molecule has 80 valence electrons. The molecule has 2 nitrogen and oxygen atoms in total. The second-order valence-corrected chi connectivity index (χ2v) is 4.84. The van der Waals surface area contributed by atoms with Gasteiger partial charge in [-0.25, -0.2) is 0 Å². The Hall–Kier alpha value is -0.860. The summed E-state index contributed by atoms with van der Waals surface area (Å²) in [6.45, 7) is 3.15. The molecule has 3 heterocycles. The van der Waals surface area contributed by atoms with Crippen LogP contribution in [0.4, 0.5) is 0 Å². The maximum Gasteiger partial charge on any atom is 0.105 e.